The Bertz CT molecular complexity index is 341. The summed E-state index contributed by atoms with van der Waals surface area (Å²) < 4.78 is 5.02. The molecule has 23 heavy (non-hydrogen) atoms. The molecule has 1 nitrogen and oxygen atoms in total. The van der Waals surface area contributed by atoms with Crippen molar-refractivity contribution in [2.45, 2.75) is 58.9 Å². The minimum Gasteiger partial charge on any atom is -0.0715 e. The molecular formula is C18H36GeOSi3. The molecule has 0 saturated heterocycles. The van der Waals surface area contributed by atoms with Crippen molar-refractivity contribution in [1.82, 2.24) is 0 Å². The molecule has 0 amide bonds. The third kappa shape index (κ3) is 39.1. The van der Waals surface area contributed by atoms with Crippen LogP contribution in [0.25, 0.3) is 6.08 Å². The summed E-state index contributed by atoms with van der Waals surface area (Å²) in [6, 6.07) is 7.96. The van der Waals surface area contributed by atoms with E-state index >= 15 is 0 Å². The molecule has 0 aliphatic rings. The summed E-state index contributed by atoms with van der Waals surface area (Å²) in [5.74, 6) is 0.901. The van der Waals surface area contributed by atoms with Crippen LogP contribution in [0.5, 0.6) is 5.75 Å². The molecule has 0 unspecified atom stereocenters. The van der Waals surface area contributed by atoms with Crippen LogP contribution in [-0.4, -0.2) is 50.0 Å². The topological polar surface area (TPSA) is 9.23 Å². The number of methoxy groups -OCH3 is 1. The SMILES string of the molecule is COc1ccc(/C=[CH]\[Ge])cc1.C[Si](C)C.C[Si](C)C.C[Si](C)C. The average molecular weight is 425 g/mol. The van der Waals surface area contributed by atoms with Crippen LogP contribution in [0, 0.1) is 0 Å². The molecule has 0 aromatic heterocycles. The summed E-state index contributed by atoms with van der Waals surface area (Å²) >= 11 is 2.00. The van der Waals surface area contributed by atoms with Crippen LogP contribution in [0.4, 0.5) is 0 Å². The summed E-state index contributed by atoms with van der Waals surface area (Å²) in [6.07, 6.45) is 2.06. The van der Waals surface area contributed by atoms with E-state index in [1.165, 1.54) is 5.56 Å². The summed E-state index contributed by atoms with van der Waals surface area (Å²) in [6.45, 7) is 20.4. The van der Waals surface area contributed by atoms with Crippen molar-refractivity contribution < 1.29 is 4.74 Å². The quantitative estimate of drug-likeness (QED) is 0.533. The third-order valence-electron chi connectivity index (χ3n) is 1.39. The maximum absolute atomic E-state index is 5.02. The normalized spacial score (nSPS) is 9.65. The molecule has 0 atom stereocenters. The summed E-state index contributed by atoms with van der Waals surface area (Å²) in [5.41, 5.74) is 1.20. The third-order valence-corrected chi connectivity index (χ3v) is 1.74. The van der Waals surface area contributed by atoms with Gasteiger partial charge in [0, 0.05) is 26.4 Å². The smallest absolute Gasteiger partial charge is 0.0379 e. The van der Waals surface area contributed by atoms with Gasteiger partial charge in [-0.1, -0.05) is 58.9 Å². The Morgan fingerprint density at radius 3 is 1.26 bits per heavy atom. The van der Waals surface area contributed by atoms with Gasteiger partial charge in [0.2, 0.25) is 0 Å². The van der Waals surface area contributed by atoms with Crippen molar-refractivity contribution in [3.05, 3.63) is 34.7 Å². The predicted molar refractivity (Wildman–Crippen MR) is 118 cm³/mol. The maximum Gasteiger partial charge on any atom is 0.0379 e. The predicted octanol–water partition coefficient (Wildman–Crippen LogP) is 5.95. The summed E-state index contributed by atoms with van der Waals surface area (Å²) in [5, 5.41) is 0. The van der Waals surface area contributed by atoms with Crippen molar-refractivity contribution in [3.63, 3.8) is 0 Å². The number of ether oxygens (including phenoxy) is 1. The first-order chi connectivity index (χ1) is 10.6. The maximum atomic E-state index is 5.02. The van der Waals surface area contributed by atoms with Gasteiger partial charge in [-0.3, -0.25) is 0 Å². The Kier molecular flexibility index (Phi) is 24.2. The molecule has 0 heterocycles. The fourth-order valence-electron chi connectivity index (χ4n) is 0.811. The summed E-state index contributed by atoms with van der Waals surface area (Å²) in [7, 11) is 2.03. The van der Waals surface area contributed by atoms with Crippen LogP contribution < -0.4 is 4.74 Å². The molecule has 0 aliphatic carbocycles. The van der Waals surface area contributed by atoms with Gasteiger partial charge in [-0.25, -0.2) is 0 Å². The van der Waals surface area contributed by atoms with Crippen LogP contribution in [-0.2, 0) is 0 Å². The fourth-order valence-corrected chi connectivity index (χ4v) is 1.22. The van der Waals surface area contributed by atoms with E-state index in [9.17, 15) is 0 Å². The van der Waals surface area contributed by atoms with Gasteiger partial charge in [-0.2, -0.15) is 0 Å². The molecular weight excluding hydrogens is 389 g/mol. The van der Waals surface area contributed by atoms with E-state index in [1.807, 2.05) is 45.7 Å². The Hall–Kier alpha value is -0.0465. The second-order valence-corrected chi connectivity index (χ2v) is 16.3. The minimum absolute atomic E-state index is 0.120. The molecule has 0 aliphatic heterocycles. The number of hydrogen-bond acceptors (Lipinski definition) is 1. The Morgan fingerprint density at radius 1 is 0.739 bits per heavy atom. The van der Waals surface area contributed by atoms with E-state index in [4.69, 9.17) is 4.74 Å². The molecule has 0 saturated carbocycles. The Morgan fingerprint density at radius 2 is 1.04 bits per heavy atom. The molecule has 1 aromatic carbocycles. The second kappa shape index (κ2) is 20.0. The van der Waals surface area contributed by atoms with E-state index in [0.29, 0.717) is 0 Å². The zero-order valence-corrected chi connectivity index (χ0v) is 22.0. The van der Waals surface area contributed by atoms with Crippen molar-refractivity contribution in [1.29, 1.82) is 0 Å². The second-order valence-electron chi connectivity index (χ2n) is 6.61. The first kappa shape index (κ1) is 27.8. The molecule has 0 bridgehead atoms. The van der Waals surface area contributed by atoms with Gasteiger partial charge in [-0.05, 0) is 0 Å². The van der Waals surface area contributed by atoms with Crippen molar-refractivity contribution in [2.75, 3.05) is 7.11 Å². The van der Waals surface area contributed by atoms with Gasteiger partial charge in [0.05, 0.1) is 0 Å². The zero-order chi connectivity index (χ0) is 18.8. The van der Waals surface area contributed by atoms with Gasteiger partial charge >= 0.3 is 74.9 Å². The van der Waals surface area contributed by atoms with Crippen LogP contribution >= 0.6 is 0 Å². The number of hydrogen-bond donors (Lipinski definition) is 0. The average Bonchev–Trinajstić information content (AvgIpc) is 2.38. The van der Waals surface area contributed by atoms with Gasteiger partial charge in [0.1, 0.15) is 0 Å². The number of rotatable bonds is 2. The van der Waals surface area contributed by atoms with Crippen LogP contribution in [0.1, 0.15) is 5.56 Å². The fraction of sp³-hybridized carbons (Fsp3) is 0.556. The van der Waals surface area contributed by atoms with Crippen molar-refractivity contribution in [2.24, 2.45) is 0 Å². The molecule has 0 spiro atoms. The molecule has 130 valence electrons. The van der Waals surface area contributed by atoms with Gasteiger partial charge < -0.3 is 0 Å². The molecule has 0 N–H and O–H groups in total. The van der Waals surface area contributed by atoms with Crippen LogP contribution in [0.2, 0.25) is 58.9 Å². The minimum atomic E-state index is 0.120. The molecule has 6 radical (unpaired) electrons. The molecule has 0 fully saturated rings. The van der Waals surface area contributed by atoms with E-state index in [-0.39, 0.29) is 26.4 Å². The zero-order valence-electron chi connectivity index (χ0n) is 16.9. The molecule has 1 aromatic rings. The van der Waals surface area contributed by atoms with E-state index in [1.54, 1.807) is 7.11 Å². The Balaban J connectivity index is -0.000000278. The van der Waals surface area contributed by atoms with Crippen LogP contribution in [0.3, 0.4) is 0 Å². The molecule has 5 heteroatoms. The van der Waals surface area contributed by atoms with Gasteiger partial charge in [0.15, 0.2) is 0 Å². The van der Waals surface area contributed by atoms with E-state index in [0.717, 1.165) is 5.75 Å². The first-order valence-electron chi connectivity index (χ1n) is 7.84. The van der Waals surface area contributed by atoms with Crippen molar-refractivity contribution in [3.8, 4) is 5.75 Å². The monoisotopic (exact) mass is 426 g/mol. The van der Waals surface area contributed by atoms with Gasteiger partial charge in [0.25, 0.3) is 0 Å². The number of benzene rings is 1. The van der Waals surface area contributed by atoms with E-state index in [2.05, 4.69) is 65.0 Å². The van der Waals surface area contributed by atoms with E-state index < -0.39 is 0 Å². The Labute approximate surface area is 160 Å². The molecule has 1 rings (SSSR count). The van der Waals surface area contributed by atoms with Crippen LogP contribution in [0.15, 0.2) is 29.2 Å². The summed E-state index contributed by atoms with van der Waals surface area (Å²) in [4.78, 5) is 2.02. The first-order valence-corrected chi connectivity index (χ1v) is 18.1. The largest absolute Gasteiger partial charge is 0.0715 e. The standard InChI is InChI=1S/C9H9GeO.3C3H9Si/c1-11-9-4-2-8(3-5-9)6-7-10;3*1-4(2)3/h2-7H,1H3;3*1-3H3/b7-6-;;;. The van der Waals surface area contributed by atoms with Gasteiger partial charge in [-0.15, -0.1) is 0 Å². The van der Waals surface area contributed by atoms with Crippen molar-refractivity contribution >= 4 is 49.0 Å².